The molecule has 0 aliphatic rings. The number of rotatable bonds is 9. The highest BCUT2D eigenvalue weighted by Gasteiger charge is 2.19. The first-order chi connectivity index (χ1) is 9.09. The number of ether oxygens (including phenoxy) is 1. The van der Waals surface area contributed by atoms with Crippen LogP contribution in [0, 0.1) is 5.41 Å². The maximum absolute atomic E-state index is 5.77. The molecule has 1 aromatic rings. The maximum atomic E-state index is 5.77. The zero-order valence-corrected chi connectivity index (χ0v) is 13.5. The van der Waals surface area contributed by atoms with E-state index in [2.05, 4.69) is 41.7 Å². The van der Waals surface area contributed by atoms with Crippen LogP contribution in [0.5, 0.6) is 5.75 Å². The Hall–Kier alpha value is -0.800. The van der Waals surface area contributed by atoms with E-state index in [0.717, 1.165) is 36.2 Å². The van der Waals surface area contributed by atoms with Gasteiger partial charge in [0, 0.05) is 16.4 Å². The summed E-state index contributed by atoms with van der Waals surface area (Å²) in [5.41, 5.74) is 0.0878. The van der Waals surface area contributed by atoms with Gasteiger partial charge in [0.05, 0.1) is 6.61 Å². The maximum Gasteiger partial charge on any atom is 0.119 e. The number of hydrogen-bond donors (Lipinski definition) is 1. The molecule has 0 radical (unpaired) electrons. The fourth-order valence-electron chi connectivity index (χ4n) is 1.75. The Kier molecular flexibility index (Phi) is 7.17. The monoisotopic (exact) mass is 325 g/mol. The van der Waals surface area contributed by atoms with Crippen LogP contribution >= 0.6 is 15.9 Å². The van der Waals surface area contributed by atoms with Crippen LogP contribution in [0.3, 0.4) is 0 Å². The lowest BCUT2D eigenvalue weighted by molar-refractivity contribution is 0.244. The van der Waals surface area contributed by atoms with E-state index in [9.17, 15) is 0 Å². The highest BCUT2D eigenvalue weighted by Crippen LogP contribution is 2.23. The van der Waals surface area contributed by atoms with Crippen LogP contribution in [0.15, 0.2) is 41.4 Å². The lowest BCUT2D eigenvalue weighted by atomic mass is 9.87. The van der Waals surface area contributed by atoms with Gasteiger partial charge >= 0.3 is 0 Å². The van der Waals surface area contributed by atoms with Crippen molar-refractivity contribution < 1.29 is 4.74 Å². The van der Waals surface area contributed by atoms with Gasteiger partial charge in [-0.2, -0.15) is 0 Å². The van der Waals surface area contributed by atoms with Crippen molar-refractivity contribution in [2.75, 3.05) is 19.7 Å². The molecule has 1 atom stereocenters. The van der Waals surface area contributed by atoms with Gasteiger partial charge in [0.25, 0.3) is 0 Å². The molecule has 0 aromatic heterocycles. The highest BCUT2D eigenvalue weighted by atomic mass is 79.9. The molecule has 0 amide bonds. The van der Waals surface area contributed by atoms with E-state index in [0.29, 0.717) is 6.61 Å². The fourth-order valence-corrected chi connectivity index (χ4v) is 2.01. The van der Waals surface area contributed by atoms with Crippen LogP contribution < -0.4 is 10.1 Å². The molecule has 0 aliphatic heterocycles. The van der Waals surface area contributed by atoms with Gasteiger partial charge < -0.3 is 10.1 Å². The van der Waals surface area contributed by atoms with Crippen LogP contribution in [-0.2, 0) is 0 Å². The molecule has 1 rings (SSSR count). The Labute approximate surface area is 125 Å². The molecule has 1 aromatic carbocycles. The number of nitrogens with one attached hydrogen (secondary N) is 1. The van der Waals surface area contributed by atoms with Gasteiger partial charge in [-0.15, -0.1) is 6.58 Å². The molecule has 106 valence electrons. The van der Waals surface area contributed by atoms with E-state index in [4.69, 9.17) is 4.74 Å². The first kappa shape index (κ1) is 16.3. The van der Waals surface area contributed by atoms with E-state index in [-0.39, 0.29) is 5.41 Å². The third kappa shape index (κ3) is 6.26. The summed E-state index contributed by atoms with van der Waals surface area (Å²) in [6.07, 6.45) is 4.15. The topological polar surface area (TPSA) is 21.3 Å². The lowest BCUT2D eigenvalue weighted by Crippen LogP contribution is -2.32. The Balaban J connectivity index is 2.36. The summed E-state index contributed by atoms with van der Waals surface area (Å²) in [4.78, 5) is 0. The molecule has 1 unspecified atom stereocenters. The van der Waals surface area contributed by atoms with Gasteiger partial charge in [0.1, 0.15) is 5.75 Å². The molecule has 0 fully saturated rings. The van der Waals surface area contributed by atoms with Crippen molar-refractivity contribution in [2.45, 2.75) is 26.7 Å². The highest BCUT2D eigenvalue weighted by molar-refractivity contribution is 9.10. The molecule has 3 heteroatoms. The molecule has 0 aliphatic carbocycles. The van der Waals surface area contributed by atoms with Gasteiger partial charge in [-0.1, -0.05) is 35.9 Å². The van der Waals surface area contributed by atoms with Crippen molar-refractivity contribution >= 4 is 15.9 Å². The van der Waals surface area contributed by atoms with Crippen molar-refractivity contribution in [2.24, 2.45) is 5.41 Å². The number of benzene rings is 1. The zero-order valence-electron chi connectivity index (χ0n) is 11.9. The van der Waals surface area contributed by atoms with Crippen molar-refractivity contribution in [3.8, 4) is 5.75 Å². The molecule has 0 saturated carbocycles. The predicted octanol–water partition coefficient (Wildman–Crippen LogP) is 4.41. The summed E-state index contributed by atoms with van der Waals surface area (Å²) in [7, 11) is 0. The summed E-state index contributed by atoms with van der Waals surface area (Å²) in [5, 5.41) is 3.45. The molecule has 1 N–H and O–H groups in total. The third-order valence-electron chi connectivity index (χ3n) is 3.20. The number of halogens is 1. The average Bonchev–Trinajstić information content (AvgIpc) is 2.41. The van der Waals surface area contributed by atoms with Gasteiger partial charge in [-0.25, -0.2) is 0 Å². The number of hydrogen-bond acceptors (Lipinski definition) is 2. The van der Waals surface area contributed by atoms with Crippen LogP contribution in [0.2, 0.25) is 0 Å². The van der Waals surface area contributed by atoms with Crippen molar-refractivity contribution in [3.05, 3.63) is 41.4 Å². The largest absolute Gasteiger partial charge is 0.494 e. The summed E-state index contributed by atoms with van der Waals surface area (Å²) in [6.45, 7) is 11.0. The lowest BCUT2D eigenvalue weighted by Gasteiger charge is -2.26. The van der Waals surface area contributed by atoms with E-state index >= 15 is 0 Å². The van der Waals surface area contributed by atoms with E-state index in [1.54, 1.807) is 0 Å². The molecule has 19 heavy (non-hydrogen) atoms. The van der Waals surface area contributed by atoms with Crippen molar-refractivity contribution in [1.29, 1.82) is 0 Å². The Bertz CT molecular complexity index is 377. The summed E-state index contributed by atoms with van der Waals surface area (Å²) in [6, 6.07) is 7.94. The van der Waals surface area contributed by atoms with E-state index in [1.165, 1.54) is 0 Å². The molecule has 0 saturated heterocycles. The second kappa shape index (κ2) is 8.39. The van der Waals surface area contributed by atoms with Gasteiger partial charge in [-0.05, 0) is 43.7 Å². The zero-order chi connectivity index (χ0) is 14.1. The van der Waals surface area contributed by atoms with Crippen LogP contribution in [0.25, 0.3) is 0 Å². The quantitative estimate of drug-likeness (QED) is 0.536. The summed E-state index contributed by atoms with van der Waals surface area (Å²) in [5.74, 6) is 0.913. The minimum Gasteiger partial charge on any atom is -0.494 e. The summed E-state index contributed by atoms with van der Waals surface area (Å²) < 4.78 is 6.84. The van der Waals surface area contributed by atoms with Crippen molar-refractivity contribution in [3.63, 3.8) is 0 Å². The minimum absolute atomic E-state index is 0.0878. The fraction of sp³-hybridized carbons (Fsp3) is 0.500. The smallest absolute Gasteiger partial charge is 0.119 e. The van der Waals surface area contributed by atoms with Gasteiger partial charge in [-0.3, -0.25) is 0 Å². The standard InChI is InChI=1S/C16H24BrNO/c1-4-11-18-13-16(3,5-2)10-12-19-15-8-6-14(17)7-9-15/h5-9,18H,2,4,10-13H2,1,3H3. The molecule has 2 nitrogen and oxygen atoms in total. The van der Waals surface area contributed by atoms with Crippen molar-refractivity contribution in [1.82, 2.24) is 5.32 Å². The summed E-state index contributed by atoms with van der Waals surface area (Å²) >= 11 is 3.41. The third-order valence-corrected chi connectivity index (χ3v) is 3.73. The molecule has 0 heterocycles. The first-order valence-electron chi connectivity index (χ1n) is 6.82. The minimum atomic E-state index is 0.0878. The van der Waals surface area contributed by atoms with E-state index in [1.807, 2.05) is 30.3 Å². The predicted molar refractivity (Wildman–Crippen MR) is 85.7 cm³/mol. The Morgan fingerprint density at radius 2 is 2.05 bits per heavy atom. The molecular weight excluding hydrogens is 302 g/mol. The Morgan fingerprint density at radius 3 is 2.63 bits per heavy atom. The van der Waals surface area contributed by atoms with Gasteiger partial charge in [0.2, 0.25) is 0 Å². The average molecular weight is 326 g/mol. The second-order valence-electron chi connectivity index (χ2n) is 5.09. The van der Waals surface area contributed by atoms with Crippen LogP contribution in [-0.4, -0.2) is 19.7 Å². The van der Waals surface area contributed by atoms with Crippen LogP contribution in [0.4, 0.5) is 0 Å². The second-order valence-corrected chi connectivity index (χ2v) is 6.00. The molecule has 0 spiro atoms. The normalized spacial score (nSPS) is 13.8. The van der Waals surface area contributed by atoms with Crippen LogP contribution in [0.1, 0.15) is 26.7 Å². The first-order valence-corrected chi connectivity index (χ1v) is 7.61. The Morgan fingerprint density at radius 1 is 1.37 bits per heavy atom. The molecule has 0 bridgehead atoms. The molecular formula is C16H24BrNO. The van der Waals surface area contributed by atoms with E-state index < -0.39 is 0 Å². The van der Waals surface area contributed by atoms with Gasteiger partial charge in [0.15, 0.2) is 0 Å². The SMILES string of the molecule is C=CC(C)(CCOc1ccc(Br)cc1)CNCCC.